The molecule has 25 heavy (non-hydrogen) atoms. The fourth-order valence-electron chi connectivity index (χ4n) is 2.91. The van der Waals surface area contributed by atoms with Crippen LogP contribution in [-0.2, 0) is 20.8 Å². The summed E-state index contributed by atoms with van der Waals surface area (Å²) in [4.78, 5) is 37.1. The summed E-state index contributed by atoms with van der Waals surface area (Å²) in [6, 6.07) is 6.19. The van der Waals surface area contributed by atoms with Gasteiger partial charge in [-0.1, -0.05) is 30.3 Å². The number of carbonyl (C=O) groups excluding carboxylic acids is 2. The van der Waals surface area contributed by atoms with Crippen LogP contribution in [0.3, 0.4) is 0 Å². The summed E-state index contributed by atoms with van der Waals surface area (Å²) in [6.07, 6.45) is 1.23. The molecule has 5 N–H and O–H groups in total. The highest BCUT2D eigenvalue weighted by atomic mass is 16.4. The Morgan fingerprint density at radius 2 is 1.96 bits per heavy atom. The van der Waals surface area contributed by atoms with Crippen LogP contribution in [0.1, 0.15) is 18.4 Å². The number of aliphatic hydroxyl groups excluding tert-OH is 1. The number of rotatable bonds is 7. The Balaban J connectivity index is 1.97. The number of carboxylic acid groups (broad SMARTS) is 1. The van der Waals surface area contributed by atoms with Crippen molar-refractivity contribution in [2.75, 3.05) is 13.2 Å². The van der Waals surface area contributed by atoms with Crippen molar-refractivity contribution in [3.63, 3.8) is 0 Å². The molecule has 2 amide bonds. The summed E-state index contributed by atoms with van der Waals surface area (Å²) < 4.78 is 0. The van der Waals surface area contributed by atoms with Gasteiger partial charge >= 0.3 is 5.97 Å². The van der Waals surface area contributed by atoms with Crippen molar-refractivity contribution >= 4 is 17.8 Å². The van der Waals surface area contributed by atoms with E-state index in [-0.39, 0.29) is 6.54 Å². The summed E-state index contributed by atoms with van der Waals surface area (Å²) in [5.41, 5.74) is 6.75. The molecule has 1 fully saturated rings. The maximum absolute atomic E-state index is 12.5. The SMILES string of the molecule is N[C@@H](Cc1ccccc1)C(=O)N[C@@H](CO)C(=O)N1CCC[C@@H]1C(=O)O. The Labute approximate surface area is 145 Å². The number of amides is 2. The first kappa shape index (κ1) is 18.9. The monoisotopic (exact) mass is 349 g/mol. The maximum atomic E-state index is 12.5. The molecule has 1 heterocycles. The number of nitrogens with two attached hydrogens (primary N) is 1. The third-order valence-corrected chi connectivity index (χ3v) is 4.25. The molecule has 0 radical (unpaired) electrons. The van der Waals surface area contributed by atoms with Crippen LogP contribution in [0.4, 0.5) is 0 Å². The van der Waals surface area contributed by atoms with Gasteiger partial charge in [0, 0.05) is 6.54 Å². The number of aliphatic carboxylic acids is 1. The second-order valence-corrected chi connectivity index (χ2v) is 6.07. The predicted molar refractivity (Wildman–Crippen MR) is 89.5 cm³/mol. The van der Waals surface area contributed by atoms with Gasteiger partial charge in [0.05, 0.1) is 12.6 Å². The lowest BCUT2D eigenvalue weighted by molar-refractivity contribution is -0.149. The molecule has 3 atom stereocenters. The predicted octanol–water partition coefficient (Wildman–Crippen LogP) is -0.891. The zero-order valence-corrected chi connectivity index (χ0v) is 13.8. The second-order valence-electron chi connectivity index (χ2n) is 6.07. The number of benzene rings is 1. The number of nitrogens with zero attached hydrogens (tertiary/aromatic N) is 1. The van der Waals surface area contributed by atoms with Crippen LogP contribution in [0.2, 0.25) is 0 Å². The molecule has 0 aliphatic carbocycles. The molecule has 1 aromatic carbocycles. The Hall–Kier alpha value is -2.45. The molecule has 0 aromatic heterocycles. The number of hydrogen-bond acceptors (Lipinski definition) is 5. The number of carboxylic acids is 1. The third kappa shape index (κ3) is 4.77. The number of nitrogens with one attached hydrogen (secondary N) is 1. The van der Waals surface area contributed by atoms with Crippen molar-refractivity contribution in [3.05, 3.63) is 35.9 Å². The van der Waals surface area contributed by atoms with E-state index in [1.165, 1.54) is 4.90 Å². The van der Waals surface area contributed by atoms with E-state index in [4.69, 9.17) is 10.8 Å². The van der Waals surface area contributed by atoms with Crippen molar-refractivity contribution < 1.29 is 24.6 Å². The van der Waals surface area contributed by atoms with Crippen LogP contribution in [0.25, 0.3) is 0 Å². The molecule has 1 aliphatic rings. The second kappa shape index (κ2) is 8.59. The van der Waals surface area contributed by atoms with Gasteiger partial charge in [-0.05, 0) is 24.8 Å². The number of aliphatic hydroxyl groups is 1. The minimum Gasteiger partial charge on any atom is -0.480 e. The molecule has 2 rings (SSSR count). The van der Waals surface area contributed by atoms with Gasteiger partial charge in [0.15, 0.2) is 0 Å². The average molecular weight is 349 g/mol. The van der Waals surface area contributed by atoms with Gasteiger partial charge in [0.2, 0.25) is 11.8 Å². The first-order valence-corrected chi connectivity index (χ1v) is 8.18. The van der Waals surface area contributed by atoms with Gasteiger partial charge in [0.25, 0.3) is 0 Å². The highest BCUT2D eigenvalue weighted by Crippen LogP contribution is 2.18. The van der Waals surface area contributed by atoms with Gasteiger partial charge in [0.1, 0.15) is 12.1 Å². The van der Waals surface area contributed by atoms with Crippen molar-refractivity contribution in [2.45, 2.75) is 37.4 Å². The van der Waals surface area contributed by atoms with Crippen LogP contribution in [0, 0.1) is 0 Å². The van der Waals surface area contributed by atoms with E-state index in [2.05, 4.69) is 5.32 Å². The van der Waals surface area contributed by atoms with Crippen molar-refractivity contribution in [3.8, 4) is 0 Å². The molecular formula is C17H23N3O5. The third-order valence-electron chi connectivity index (χ3n) is 4.25. The zero-order valence-electron chi connectivity index (χ0n) is 13.8. The summed E-state index contributed by atoms with van der Waals surface area (Å²) >= 11 is 0. The van der Waals surface area contributed by atoms with E-state index >= 15 is 0 Å². The van der Waals surface area contributed by atoms with Crippen LogP contribution >= 0.6 is 0 Å². The minimum atomic E-state index is -1.20. The first-order chi connectivity index (χ1) is 11.9. The maximum Gasteiger partial charge on any atom is 0.326 e. The summed E-state index contributed by atoms with van der Waals surface area (Å²) in [7, 11) is 0. The van der Waals surface area contributed by atoms with Crippen molar-refractivity contribution in [2.24, 2.45) is 5.73 Å². The highest BCUT2D eigenvalue weighted by molar-refractivity contribution is 5.92. The van der Waals surface area contributed by atoms with E-state index < -0.39 is 42.5 Å². The standard InChI is InChI=1S/C17H23N3O5/c18-12(9-11-5-2-1-3-6-11)15(22)19-13(10-21)16(23)20-8-4-7-14(20)17(24)25/h1-3,5-6,12-14,21H,4,7-10,18H2,(H,19,22)(H,24,25)/t12-,13-,14+/m0/s1. The molecular weight excluding hydrogens is 326 g/mol. The molecule has 0 spiro atoms. The van der Waals surface area contributed by atoms with E-state index in [1.807, 2.05) is 30.3 Å². The van der Waals surface area contributed by atoms with Crippen molar-refractivity contribution in [1.82, 2.24) is 10.2 Å². The fraction of sp³-hybridized carbons (Fsp3) is 0.471. The van der Waals surface area contributed by atoms with E-state index in [0.717, 1.165) is 5.56 Å². The molecule has 1 aliphatic heterocycles. The summed E-state index contributed by atoms with van der Waals surface area (Å²) in [6.45, 7) is -0.330. The van der Waals surface area contributed by atoms with Crippen LogP contribution < -0.4 is 11.1 Å². The smallest absolute Gasteiger partial charge is 0.326 e. The van der Waals surface area contributed by atoms with Gasteiger partial charge in [-0.3, -0.25) is 9.59 Å². The molecule has 0 unspecified atom stereocenters. The molecule has 1 aromatic rings. The van der Waals surface area contributed by atoms with Gasteiger partial charge in [-0.2, -0.15) is 0 Å². The Kier molecular flexibility index (Phi) is 6.49. The molecule has 1 saturated heterocycles. The molecule has 0 bridgehead atoms. The summed E-state index contributed by atoms with van der Waals surface area (Å²) in [5, 5.41) is 21.0. The lowest BCUT2D eigenvalue weighted by Gasteiger charge is -2.27. The van der Waals surface area contributed by atoms with Crippen molar-refractivity contribution in [1.29, 1.82) is 0 Å². The Morgan fingerprint density at radius 3 is 2.56 bits per heavy atom. The van der Waals surface area contributed by atoms with E-state index in [9.17, 15) is 19.5 Å². The lowest BCUT2D eigenvalue weighted by Crippen LogP contribution is -2.56. The largest absolute Gasteiger partial charge is 0.480 e. The van der Waals surface area contributed by atoms with Crippen LogP contribution in [-0.4, -0.2) is 64.2 Å². The Morgan fingerprint density at radius 1 is 1.28 bits per heavy atom. The van der Waals surface area contributed by atoms with Crippen LogP contribution in [0.15, 0.2) is 30.3 Å². The zero-order chi connectivity index (χ0) is 18.4. The normalized spacial score (nSPS) is 19.3. The molecule has 0 saturated carbocycles. The van der Waals surface area contributed by atoms with Gasteiger partial charge in [-0.15, -0.1) is 0 Å². The molecule has 8 heteroatoms. The molecule has 136 valence electrons. The highest BCUT2D eigenvalue weighted by Gasteiger charge is 2.37. The van der Waals surface area contributed by atoms with Gasteiger partial charge in [-0.25, -0.2) is 4.79 Å². The summed E-state index contributed by atoms with van der Waals surface area (Å²) in [5.74, 6) is -2.26. The number of likely N-dealkylation sites (tertiary alicyclic amines) is 1. The molecule has 8 nitrogen and oxygen atoms in total. The number of carbonyl (C=O) groups is 3. The van der Waals surface area contributed by atoms with E-state index in [0.29, 0.717) is 19.3 Å². The number of hydrogen-bond donors (Lipinski definition) is 4. The van der Waals surface area contributed by atoms with Crippen LogP contribution in [0.5, 0.6) is 0 Å². The average Bonchev–Trinajstić information content (AvgIpc) is 3.09. The quantitative estimate of drug-likeness (QED) is 0.505. The Bertz CT molecular complexity index is 622. The minimum absolute atomic E-state index is 0.290. The topological polar surface area (TPSA) is 133 Å². The van der Waals surface area contributed by atoms with E-state index in [1.54, 1.807) is 0 Å². The lowest BCUT2D eigenvalue weighted by atomic mass is 10.1. The van der Waals surface area contributed by atoms with Gasteiger partial charge < -0.3 is 26.2 Å². The fourth-order valence-corrected chi connectivity index (χ4v) is 2.91. The first-order valence-electron chi connectivity index (χ1n) is 8.18.